The number of hydrogen-bond donors (Lipinski definition) is 2. The van der Waals surface area contributed by atoms with Gasteiger partial charge in [0, 0.05) is 6.04 Å². The maximum Gasteiger partial charge on any atom is 0.119 e. The Morgan fingerprint density at radius 1 is 1.21 bits per heavy atom. The van der Waals surface area contributed by atoms with Gasteiger partial charge in [0.2, 0.25) is 0 Å². The van der Waals surface area contributed by atoms with Crippen LogP contribution in [0.3, 0.4) is 0 Å². The van der Waals surface area contributed by atoms with Gasteiger partial charge in [0.1, 0.15) is 12.4 Å². The van der Waals surface area contributed by atoms with Crippen molar-refractivity contribution in [1.82, 2.24) is 5.32 Å². The van der Waals surface area contributed by atoms with E-state index < -0.39 is 0 Å². The van der Waals surface area contributed by atoms with Crippen molar-refractivity contribution in [3.8, 4) is 5.75 Å². The second-order valence-electron chi connectivity index (χ2n) is 5.26. The molecule has 0 bridgehead atoms. The summed E-state index contributed by atoms with van der Waals surface area (Å²) < 4.78 is 5.70. The summed E-state index contributed by atoms with van der Waals surface area (Å²) in [7, 11) is 0. The van der Waals surface area contributed by atoms with Crippen molar-refractivity contribution >= 4 is 0 Å². The second kappa shape index (κ2) is 8.94. The van der Waals surface area contributed by atoms with Crippen molar-refractivity contribution in [3.63, 3.8) is 0 Å². The zero-order valence-electron chi connectivity index (χ0n) is 12.4. The molecule has 0 heterocycles. The molecule has 0 aliphatic rings. The zero-order chi connectivity index (χ0) is 14.1. The summed E-state index contributed by atoms with van der Waals surface area (Å²) in [6.07, 6.45) is 3.58. The van der Waals surface area contributed by atoms with Crippen molar-refractivity contribution in [2.45, 2.75) is 52.1 Å². The molecule has 2 N–H and O–H groups in total. The van der Waals surface area contributed by atoms with E-state index in [0.29, 0.717) is 12.6 Å². The summed E-state index contributed by atoms with van der Waals surface area (Å²) in [6.45, 7) is 6.90. The zero-order valence-corrected chi connectivity index (χ0v) is 12.4. The molecule has 0 aromatic heterocycles. The molecular formula is C16H27NO2. The van der Waals surface area contributed by atoms with Gasteiger partial charge in [0.05, 0.1) is 12.6 Å². The minimum absolute atomic E-state index is 0.0141. The van der Waals surface area contributed by atoms with Crippen LogP contribution in [0.1, 0.15) is 39.2 Å². The van der Waals surface area contributed by atoms with Crippen LogP contribution in [0, 0.1) is 0 Å². The van der Waals surface area contributed by atoms with E-state index >= 15 is 0 Å². The van der Waals surface area contributed by atoms with E-state index in [-0.39, 0.29) is 12.6 Å². The third kappa shape index (κ3) is 6.60. The Labute approximate surface area is 117 Å². The fraction of sp³-hybridized carbons (Fsp3) is 0.625. The van der Waals surface area contributed by atoms with Gasteiger partial charge in [-0.25, -0.2) is 0 Å². The number of unbranched alkanes of at least 4 members (excludes halogenated alkanes) is 1. The van der Waals surface area contributed by atoms with Gasteiger partial charge >= 0.3 is 0 Å². The third-order valence-electron chi connectivity index (χ3n) is 2.98. The fourth-order valence-corrected chi connectivity index (χ4v) is 1.95. The van der Waals surface area contributed by atoms with Crippen LogP contribution in [-0.2, 0) is 6.42 Å². The molecule has 0 aliphatic carbocycles. The van der Waals surface area contributed by atoms with Crippen LogP contribution in [0.4, 0.5) is 0 Å². The monoisotopic (exact) mass is 265 g/mol. The van der Waals surface area contributed by atoms with Gasteiger partial charge < -0.3 is 15.2 Å². The number of ether oxygens (including phenoxy) is 1. The first-order valence-electron chi connectivity index (χ1n) is 7.24. The van der Waals surface area contributed by atoms with E-state index in [4.69, 9.17) is 4.74 Å². The molecule has 0 aliphatic heterocycles. The van der Waals surface area contributed by atoms with E-state index in [0.717, 1.165) is 12.2 Å². The SMILES string of the molecule is CCCCc1ccc(OCC(CO)NC(C)C)cc1. The molecule has 3 nitrogen and oxygen atoms in total. The quantitative estimate of drug-likeness (QED) is 0.721. The summed E-state index contributed by atoms with van der Waals surface area (Å²) >= 11 is 0. The molecule has 3 heteroatoms. The average molecular weight is 265 g/mol. The van der Waals surface area contributed by atoms with Crippen molar-refractivity contribution < 1.29 is 9.84 Å². The van der Waals surface area contributed by atoms with E-state index in [9.17, 15) is 5.11 Å². The Bertz CT molecular complexity index is 335. The number of benzene rings is 1. The van der Waals surface area contributed by atoms with Crippen LogP contribution >= 0.6 is 0 Å². The van der Waals surface area contributed by atoms with Crippen LogP contribution in [-0.4, -0.2) is 30.4 Å². The fourth-order valence-electron chi connectivity index (χ4n) is 1.95. The molecule has 0 fully saturated rings. The van der Waals surface area contributed by atoms with Crippen LogP contribution in [0.25, 0.3) is 0 Å². The molecule has 0 spiro atoms. The molecule has 0 saturated carbocycles. The third-order valence-corrected chi connectivity index (χ3v) is 2.98. The van der Waals surface area contributed by atoms with Gasteiger partial charge in [-0.05, 0) is 30.5 Å². The standard InChI is InChI=1S/C16H27NO2/c1-4-5-6-14-7-9-16(10-8-14)19-12-15(11-18)17-13(2)3/h7-10,13,15,17-18H,4-6,11-12H2,1-3H3. The van der Waals surface area contributed by atoms with Crippen molar-refractivity contribution in [1.29, 1.82) is 0 Å². The molecule has 19 heavy (non-hydrogen) atoms. The molecule has 1 unspecified atom stereocenters. The highest BCUT2D eigenvalue weighted by Gasteiger charge is 2.09. The number of hydrogen-bond acceptors (Lipinski definition) is 3. The highest BCUT2D eigenvalue weighted by molar-refractivity contribution is 5.27. The summed E-state index contributed by atoms with van der Waals surface area (Å²) in [5.41, 5.74) is 1.35. The topological polar surface area (TPSA) is 41.5 Å². The van der Waals surface area contributed by atoms with Crippen LogP contribution < -0.4 is 10.1 Å². The van der Waals surface area contributed by atoms with E-state index in [1.54, 1.807) is 0 Å². The smallest absolute Gasteiger partial charge is 0.119 e. The lowest BCUT2D eigenvalue weighted by molar-refractivity contribution is 0.177. The lowest BCUT2D eigenvalue weighted by Crippen LogP contribution is -2.41. The van der Waals surface area contributed by atoms with Gasteiger partial charge in [-0.15, -0.1) is 0 Å². The van der Waals surface area contributed by atoms with Crippen LogP contribution in [0.5, 0.6) is 5.75 Å². The molecule has 0 amide bonds. The Kier molecular flexibility index (Phi) is 7.53. The van der Waals surface area contributed by atoms with Gasteiger partial charge in [0.15, 0.2) is 0 Å². The van der Waals surface area contributed by atoms with Gasteiger partial charge in [-0.3, -0.25) is 0 Å². The molecular weight excluding hydrogens is 238 g/mol. The van der Waals surface area contributed by atoms with E-state index in [1.165, 1.54) is 18.4 Å². The lowest BCUT2D eigenvalue weighted by atomic mass is 10.1. The lowest BCUT2D eigenvalue weighted by Gasteiger charge is -2.19. The predicted octanol–water partition coefficient (Wildman–Crippen LogP) is 2.77. The highest BCUT2D eigenvalue weighted by Crippen LogP contribution is 2.14. The molecule has 1 aromatic carbocycles. The first kappa shape index (κ1) is 16.0. The first-order valence-corrected chi connectivity index (χ1v) is 7.24. The Morgan fingerprint density at radius 2 is 1.89 bits per heavy atom. The van der Waals surface area contributed by atoms with Gasteiger partial charge in [0.25, 0.3) is 0 Å². The summed E-state index contributed by atoms with van der Waals surface area (Å²) in [4.78, 5) is 0. The van der Waals surface area contributed by atoms with Crippen molar-refractivity contribution in [2.75, 3.05) is 13.2 Å². The summed E-state index contributed by atoms with van der Waals surface area (Å²) in [5.74, 6) is 0.865. The molecule has 0 saturated heterocycles. The number of nitrogens with one attached hydrogen (secondary N) is 1. The van der Waals surface area contributed by atoms with E-state index in [2.05, 4.69) is 38.2 Å². The minimum atomic E-state index is -0.0141. The van der Waals surface area contributed by atoms with E-state index in [1.807, 2.05) is 12.1 Å². The number of aliphatic hydroxyl groups excluding tert-OH is 1. The number of rotatable bonds is 9. The molecule has 0 radical (unpaired) electrons. The Balaban J connectivity index is 2.39. The maximum atomic E-state index is 9.25. The minimum Gasteiger partial charge on any atom is -0.492 e. The maximum absolute atomic E-state index is 9.25. The largest absolute Gasteiger partial charge is 0.492 e. The average Bonchev–Trinajstić information content (AvgIpc) is 2.42. The Morgan fingerprint density at radius 3 is 2.42 bits per heavy atom. The van der Waals surface area contributed by atoms with Gasteiger partial charge in [-0.2, -0.15) is 0 Å². The number of aliphatic hydroxyl groups is 1. The second-order valence-corrected chi connectivity index (χ2v) is 5.26. The predicted molar refractivity (Wildman–Crippen MR) is 79.7 cm³/mol. The van der Waals surface area contributed by atoms with Crippen molar-refractivity contribution in [3.05, 3.63) is 29.8 Å². The van der Waals surface area contributed by atoms with Gasteiger partial charge in [-0.1, -0.05) is 39.3 Å². The Hall–Kier alpha value is -1.06. The number of aryl methyl sites for hydroxylation is 1. The van der Waals surface area contributed by atoms with Crippen LogP contribution in [0.15, 0.2) is 24.3 Å². The van der Waals surface area contributed by atoms with Crippen molar-refractivity contribution in [2.24, 2.45) is 0 Å². The summed E-state index contributed by atoms with van der Waals surface area (Å²) in [6, 6.07) is 8.59. The molecule has 1 aromatic rings. The molecule has 108 valence electrons. The highest BCUT2D eigenvalue weighted by atomic mass is 16.5. The van der Waals surface area contributed by atoms with Crippen LogP contribution in [0.2, 0.25) is 0 Å². The first-order chi connectivity index (χ1) is 9.15. The molecule has 1 rings (SSSR count). The summed E-state index contributed by atoms with van der Waals surface area (Å²) in [5, 5.41) is 12.5. The molecule has 1 atom stereocenters. The normalized spacial score (nSPS) is 12.7.